The summed E-state index contributed by atoms with van der Waals surface area (Å²) in [6.07, 6.45) is 0. The molecule has 1 aromatic carbocycles. The standard InChI is InChI=1S/C14H17N3S/c1-7(2)13-15-9-5-6-10-12(11(9)17-13)18-14(16-10)8(3)4/h5-8H,1-4H3,(H,15,17). The van der Waals surface area contributed by atoms with Crippen molar-refractivity contribution in [1.29, 1.82) is 0 Å². The van der Waals surface area contributed by atoms with Gasteiger partial charge in [-0.05, 0) is 12.1 Å². The van der Waals surface area contributed by atoms with Gasteiger partial charge >= 0.3 is 0 Å². The molecule has 0 radical (unpaired) electrons. The van der Waals surface area contributed by atoms with E-state index < -0.39 is 0 Å². The van der Waals surface area contributed by atoms with Crippen LogP contribution in [0.4, 0.5) is 0 Å². The summed E-state index contributed by atoms with van der Waals surface area (Å²) in [6, 6.07) is 4.13. The van der Waals surface area contributed by atoms with Crippen LogP contribution in [0.3, 0.4) is 0 Å². The van der Waals surface area contributed by atoms with E-state index in [9.17, 15) is 0 Å². The zero-order valence-corrected chi connectivity index (χ0v) is 11.9. The van der Waals surface area contributed by atoms with Gasteiger partial charge in [0.15, 0.2) is 0 Å². The fraction of sp³-hybridized carbons (Fsp3) is 0.429. The lowest BCUT2D eigenvalue weighted by Gasteiger charge is -1.96. The van der Waals surface area contributed by atoms with Crippen LogP contribution in [0.5, 0.6) is 0 Å². The quantitative estimate of drug-likeness (QED) is 0.740. The second kappa shape index (κ2) is 4.05. The molecular weight excluding hydrogens is 242 g/mol. The van der Waals surface area contributed by atoms with E-state index in [1.165, 1.54) is 9.71 Å². The Kier molecular flexibility index (Phi) is 2.63. The third kappa shape index (κ3) is 1.72. The van der Waals surface area contributed by atoms with Crippen molar-refractivity contribution in [3.8, 4) is 0 Å². The molecule has 3 aromatic rings. The second-order valence-electron chi connectivity index (χ2n) is 5.29. The number of aromatic nitrogens is 3. The smallest absolute Gasteiger partial charge is 0.109 e. The maximum Gasteiger partial charge on any atom is 0.109 e. The van der Waals surface area contributed by atoms with Crippen LogP contribution in [-0.2, 0) is 0 Å². The Hall–Kier alpha value is -1.42. The van der Waals surface area contributed by atoms with Gasteiger partial charge in [-0.2, -0.15) is 0 Å². The van der Waals surface area contributed by atoms with Crippen LogP contribution in [0.25, 0.3) is 21.3 Å². The summed E-state index contributed by atoms with van der Waals surface area (Å²) in [5, 5.41) is 1.19. The summed E-state index contributed by atoms with van der Waals surface area (Å²) in [6.45, 7) is 8.67. The van der Waals surface area contributed by atoms with Gasteiger partial charge in [-0.15, -0.1) is 11.3 Å². The molecule has 0 aliphatic heterocycles. The van der Waals surface area contributed by atoms with Crippen LogP contribution >= 0.6 is 11.3 Å². The number of nitrogens with one attached hydrogen (secondary N) is 1. The molecule has 0 spiro atoms. The van der Waals surface area contributed by atoms with Crippen molar-refractivity contribution in [2.24, 2.45) is 0 Å². The molecule has 3 rings (SSSR count). The highest BCUT2D eigenvalue weighted by atomic mass is 32.1. The molecule has 0 unspecified atom stereocenters. The Morgan fingerprint density at radius 3 is 2.39 bits per heavy atom. The van der Waals surface area contributed by atoms with Crippen LogP contribution in [-0.4, -0.2) is 15.0 Å². The first-order chi connectivity index (χ1) is 8.56. The molecular formula is C14H17N3S. The fourth-order valence-electron chi connectivity index (χ4n) is 2.02. The van der Waals surface area contributed by atoms with Crippen molar-refractivity contribution in [2.75, 3.05) is 0 Å². The molecule has 0 bridgehead atoms. The molecule has 0 amide bonds. The molecule has 18 heavy (non-hydrogen) atoms. The molecule has 3 nitrogen and oxygen atoms in total. The summed E-state index contributed by atoms with van der Waals surface area (Å²) in [7, 11) is 0. The molecule has 2 aromatic heterocycles. The topological polar surface area (TPSA) is 41.6 Å². The molecule has 0 aliphatic carbocycles. The average molecular weight is 259 g/mol. The third-order valence-electron chi connectivity index (χ3n) is 3.09. The van der Waals surface area contributed by atoms with Crippen molar-refractivity contribution >= 4 is 32.6 Å². The molecule has 1 N–H and O–H groups in total. The van der Waals surface area contributed by atoms with Gasteiger partial charge in [0.1, 0.15) is 5.82 Å². The first-order valence-electron chi connectivity index (χ1n) is 6.35. The summed E-state index contributed by atoms with van der Waals surface area (Å²) in [5.74, 6) is 1.95. The van der Waals surface area contributed by atoms with Gasteiger partial charge in [0, 0.05) is 11.8 Å². The highest BCUT2D eigenvalue weighted by molar-refractivity contribution is 7.19. The maximum absolute atomic E-state index is 4.69. The number of nitrogens with zero attached hydrogens (tertiary/aromatic N) is 2. The number of benzene rings is 1. The largest absolute Gasteiger partial charge is 0.341 e. The van der Waals surface area contributed by atoms with Gasteiger partial charge in [0.05, 0.1) is 26.3 Å². The summed E-state index contributed by atoms with van der Waals surface area (Å²) in [5.41, 5.74) is 3.26. The normalized spacial score (nSPS) is 12.3. The van der Waals surface area contributed by atoms with Gasteiger partial charge in [0.25, 0.3) is 0 Å². The fourth-order valence-corrected chi connectivity index (χ4v) is 3.08. The number of fused-ring (bicyclic) bond motifs is 3. The molecule has 2 heterocycles. The summed E-state index contributed by atoms with van der Waals surface area (Å²) >= 11 is 1.78. The van der Waals surface area contributed by atoms with Crippen molar-refractivity contribution in [2.45, 2.75) is 39.5 Å². The first kappa shape index (κ1) is 11.7. The second-order valence-corrected chi connectivity index (χ2v) is 6.32. The van der Waals surface area contributed by atoms with E-state index in [0.717, 1.165) is 22.4 Å². The Bertz CT molecular complexity index is 645. The molecule has 0 atom stereocenters. The highest BCUT2D eigenvalue weighted by Crippen LogP contribution is 2.32. The summed E-state index contributed by atoms with van der Waals surface area (Å²) < 4.78 is 1.23. The van der Waals surface area contributed by atoms with Crippen LogP contribution in [0.2, 0.25) is 0 Å². The van der Waals surface area contributed by atoms with Crippen molar-refractivity contribution < 1.29 is 0 Å². The molecule has 0 aliphatic rings. The number of H-pyrrole nitrogens is 1. The minimum atomic E-state index is 0.421. The van der Waals surface area contributed by atoms with Gasteiger partial charge in [-0.25, -0.2) is 9.97 Å². The third-order valence-corrected chi connectivity index (χ3v) is 4.48. The van der Waals surface area contributed by atoms with E-state index in [1.807, 2.05) is 0 Å². The van der Waals surface area contributed by atoms with Crippen LogP contribution in [0, 0.1) is 0 Å². The number of rotatable bonds is 2. The minimum absolute atomic E-state index is 0.421. The van der Waals surface area contributed by atoms with Crippen molar-refractivity contribution in [3.05, 3.63) is 23.0 Å². The predicted octanol–water partition coefficient (Wildman–Crippen LogP) is 4.42. The van der Waals surface area contributed by atoms with E-state index in [1.54, 1.807) is 11.3 Å². The molecule has 0 fully saturated rings. The van der Waals surface area contributed by atoms with Crippen molar-refractivity contribution in [1.82, 2.24) is 15.0 Å². The molecule has 0 saturated carbocycles. The predicted molar refractivity (Wildman–Crippen MR) is 77.4 cm³/mol. The Labute approximate surface area is 110 Å². The van der Waals surface area contributed by atoms with E-state index in [4.69, 9.17) is 0 Å². The Balaban J connectivity index is 2.30. The van der Waals surface area contributed by atoms with Gasteiger partial charge in [0.2, 0.25) is 0 Å². The van der Waals surface area contributed by atoms with Gasteiger partial charge in [-0.3, -0.25) is 0 Å². The van der Waals surface area contributed by atoms with E-state index in [2.05, 4.69) is 54.8 Å². The molecule has 0 saturated heterocycles. The van der Waals surface area contributed by atoms with E-state index in [-0.39, 0.29) is 0 Å². The Morgan fingerprint density at radius 2 is 1.72 bits per heavy atom. The number of aromatic amines is 1. The van der Waals surface area contributed by atoms with E-state index >= 15 is 0 Å². The number of imidazole rings is 1. The molecule has 94 valence electrons. The lowest BCUT2D eigenvalue weighted by molar-refractivity contribution is 0.799. The first-order valence-corrected chi connectivity index (χ1v) is 7.17. The number of hydrogen-bond acceptors (Lipinski definition) is 3. The zero-order valence-electron chi connectivity index (χ0n) is 11.1. The average Bonchev–Trinajstić information content (AvgIpc) is 2.91. The highest BCUT2D eigenvalue weighted by Gasteiger charge is 2.13. The number of hydrogen-bond donors (Lipinski definition) is 1. The van der Waals surface area contributed by atoms with Crippen LogP contribution in [0.15, 0.2) is 12.1 Å². The van der Waals surface area contributed by atoms with Crippen LogP contribution in [0.1, 0.15) is 50.4 Å². The van der Waals surface area contributed by atoms with E-state index in [0.29, 0.717) is 11.8 Å². The lowest BCUT2D eigenvalue weighted by Crippen LogP contribution is -1.88. The monoisotopic (exact) mass is 259 g/mol. The summed E-state index contributed by atoms with van der Waals surface area (Å²) in [4.78, 5) is 12.8. The molecule has 4 heteroatoms. The van der Waals surface area contributed by atoms with Crippen molar-refractivity contribution in [3.63, 3.8) is 0 Å². The SMILES string of the molecule is CC(C)c1nc2ccc3nc(C(C)C)sc3c2[nH]1. The minimum Gasteiger partial charge on any atom is -0.341 e. The Morgan fingerprint density at radius 1 is 1.00 bits per heavy atom. The van der Waals surface area contributed by atoms with Crippen LogP contribution < -0.4 is 0 Å². The maximum atomic E-state index is 4.69. The van der Waals surface area contributed by atoms with Gasteiger partial charge < -0.3 is 4.98 Å². The van der Waals surface area contributed by atoms with Gasteiger partial charge in [-0.1, -0.05) is 27.7 Å². The number of thiazole rings is 1. The zero-order chi connectivity index (χ0) is 12.9. The lowest BCUT2D eigenvalue weighted by atomic mass is 10.2.